The highest BCUT2D eigenvalue weighted by Crippen LogP contribution is 2.53. The molecule has 1 saturated carbocycles. The number of hydrogen-bond donors (Lipinski definition) is 1. The van der Waals surface area contributed by atoms with Crippen LogP contribution in [0.15, 0.2) is 41.8 Å². The normalized spacial score (nSPS) is 23.9. The van der Waals surface area contributed by atoms with Crippen LogP contribution in [0.25, 0.3) is 11.3 Å². The molecule has 1 N–H and O–H groups in total. The average Bonchev–Trinajstić information content (AvgIpc) is 3.21. The third kappa shape index (κ3) is 5.55. The van der Waals surface area contributed by atoms with Crippen LogP contribution >= 0.6 is 11.3 Å². The summed E-state index contributed by atoms with van der Waals surface area (Å²) in [6, 6.07) is 12.5. The standard InChI is InChI=1S/C29H33N3O5S2/c1-18-3-6-26(22(11-18)25-17-38-29(30-25)32-14-23-24(15-32)27(23)28(33)34)37-16-21-5-4-20(12-19(21)2)13-31-7-9-39(35,36)10-8-31/h3-6,11-12,17,23-24,27H,7-10,13-16H2,1-2H3,(H,33,34)/t23-,24+,27?. The van der Waals surface area contributed by atoms with Crippen molar-refractivity contribution < 1.29 is 23.1 Å². The van der Waals surface area contributed by atoms with Gasteiger partial charge in [-0.3, -0.25) is 9.69 Å². The number of piperidine rings is 1. The van der Waals surface area contributed by atoms with E-state index in [1.807, 2.05) is 12.1 Å². The molecule has 39 heavy (non-hydrogen) atoms. The average molecular weight is 568 g/mol. The molecule has 0 spiro atoms. The molecule has 2 saturated heterocycles. The van der Waals surface area contributed by atoms with Crippen LogP contribution in [0.5, 0.6) is 5.75 Å². The molecule has 3 aromatic rings. The Morgan fingerprint density at radius 2 is 1.85 bits per heavy atom. The van der Waals surface area contributed by atoms with E-state index >= 15 is 0 Å². The molecule has 3 aliphatic rings. The molecule has 1 unspecified atom stereocenters. The second kappa shape index (κ2) is 10.2. The predicted molar refractivity (Wildman–Crippen MR) is 152 cm³/mol. The number of aromatic nitrogens is 1. The summed E-state index contributed by atoms with van der Waals surface area (Å²) in [4.78, 5) is 20.6. The minimum Gasteiger partial charge on any atom is -0.488 e. The fourth-order valence-corrected chi connectivity index (χ4v) is 8.02. The van der Waals surface area contributed by atoms with Crippen molar-refractivity contribution in [2.24, 2.45) is 17.8 Å². The van der Waals surface area contributed by atoms with Gasteiger partial charge in [0.15, 0.2) is 15.0 Å². The lowest BCUT2D eigenvalue weighted by molar-refractivity contribution is -0.139. The third-order valence-corrected chi connectivity index (χ3v) is 10.8. The van der Waals surface area contributed by atoms with Crippen molar-refractivity contribution in [1.82, 2.24) is 9.88 Å². The molecule has 3 heterocycles. The summed E-state index contributed by atoms with van der Waals surface area (Å²) in [6.45, 7) is 8.03. The lowest BCUT2D eigenvalue weighted by Gasteiger charge is -2.26. The Labute approximate surface area is 233 Å². The van der Waals surface area contributed by atoms with Gasteiger partial charge in [0, 0.05) is 43.7 Å². The van der Waals surface area contributed by atoms with Gasteiger partial charge in [0.05, 0.1) is 23.1 Å². The number of aliphatic carboxylic acids is 1. The van der Waals surface area contributed by atoms with Crippen LogP contribution in [-0.4, -0.2) is 67.1 Å². The van der Waals surface area contributed by atoms with Gasteiger partial charge < -0.3 is 14.7 Å². The molecule has 0 amide bonds. The molecule has 2 aliphatic heterocycles. The van der Waals surface area contributed by atoms with Crippen molar-refractivity contribution >= 4 is 32.3 Å². The zero-order valence-corrected chi connectivity index (χ0v) is 23.8. The molecule has 10 heteroatoms. The number of rotatable bonds is 8. The SMILES string of the molecule is Cc1ccc(OCc2ccc(CN3CCS(=O)(=O)CC3)cc2C)c(-c2csc(N3C[C@@H]4C(C(=O)O)[C@@H]4C3)n2)c1. The molecule has 206 valence electrons. The Kier molecular flexibility index (Phi) is 6.89. The van der Waals surface area contributed by atoms with Crippen LogP contribution < -0.4 is 9.64 Å². The smallest absolute Gasteiger partial charge is 0.307 e. The molecule has 1 aromatic heterocycles. The maximum atomic E-state index is 11.7. The molecule has 3 fully saturated rings. The van der Waals surface area contributed by atoms with Gasteiger partial charge in [-0.15, -0.1) is 11.3 Å². The van der Waals surface area contributed by atoms with E-state index in [2.05, 4.69) is 53.3 Å². The Morgan fingerprint density at radius 1 is 1.10 bits per heavy atom. The Balaban J connectivity index is 1.11. The number of hydrogen-bond acceptors (Lipinski definition) is 8. The van der Waals surface area contributed by atoms with E-state index in [1.54, 1.807) is 11.3 Å². The number of anilines is 1. The van der Waals surface area contributed by atoms with E-state index in [-0.39, 0.29) is 29.3 Å². The lowest BCUT2D eigenvalue weighted by Crippen LogP contribution is -2.39. The number of carboxylic acids is 1. The van der Waals surface area contributed by atoms with Gasteiger partial charge in [0.2, 0.25) is 0 Å². The first-order chi connectivity index (χ1) is 18.7. The molecule has 3 atom stereocenters. The zero-order valence-electron chi connectivity index (χ0n) is 22.2. The quantitative estimate of drug-likeness (QED) is 0.436. The fraction of sp³-hybridized carbons (Fsp3) is 0.448. The molecule has 0 radical (unpaired) electrons. The number of aryl methyl sites for hydroxylation is 2. The summed E-state index contributed by atoms with van der Waals surface area (Å²) < 4.78 is 29.8. The van der Waals surface area contributed by atoms with Gasteiger partial charge in [-0.2, -0.15) is 0 Å². The van der Waals surface area contributed by atoms with E-state index in [0.29, 0.717) is 19.7 Å². The van der Waals surface area contributed by atoms with Gasteiger partial charge in [-0.05, 0) is 54.5 Å². The van der Waals surface area contributed by atoms with Crippen LogP contribution in [0.3, 0.4) is 0 Å². The van der Waals surface area contributed by atoms with Gasteiger partial charge in [-0.1, -0.05) is 29.8 Å². The van der Waals surface area contributed by atoms with Crippen LogP contribution in [0.2, 0.25) is 0 Å². The van der Waals surface area contributed by atoms with Crippen molar-refractivity contribution in [2.75, 3.05) is 42.6 Å². The van der Waals surface area contributed by atoms with Crippen molar-refractivity contribution in [3.8, 4) is 17.0 Å². The van der Waals surface area contributed by atoms with Crippen molar-refractivity contribution in [1.29, 1.82) is 0 Å². The van der Waals surface area contributed by atoms with Crippen molar-refractivity contribution in [3.05, 3.63) is 64.0 Å². The lowest BCUT2D eigenvalue weighted by atomic mass is 10.0. The summed E-state index contributed by atoms with van der Waals surface area (Å²) in [5, 5.41) is 12.3. The number of carbonyl (C=O) groups is 1. The first-order valence-corrected chi connectivity index (χ1v) is 16.1. The first kappa shape index (κ1) is 26.3. The largest absolute Gasteiger partial charge is 0.488 e. The number of carboxylic acid groups (broad SMARTS) is 1. The number of ether oxygens (including phenoxy) is 1. The second-order valence-corrected chi connectivity index (χ2v) is 14.2. The monoisotopic (exact) mass is 567 g/mol. The van der Waals surface area contributed by atoms with Gasteiger partial charge in [0.25, 0.3) is 0 Å². The highest BCUT2D eigenvalue weighted by atomic mass is 32.2. The molecular weight excluding hydrogens is 534 g/mol. The van der Waals surface area contributed by atoms with E-state index in [1.165, 1.54) is 5.56 Å². The van der Waals surface area contributed by atoms with Crippen molar-refractivity contribution in [2.45, 2.75) is 27.0 Å². The Bertz CT molecular complexity index is 1490. The number of benzene rings is 2. The highest BCUT2D eigenvalue weighted by Gasteiger charge is 2.60. The van der Waals surface area contributed by atoms with Crippen LogP contribution in [0.4, 0.5) is 5.13 Å². The van der Waals surface area contributed by atoms with Crippen LogP contribution in [-0.2, 0) is 27.8 Å². The van der Waals surface area contributed by atoms with Gasteiger partial charge >= 0.3 is 5.97 Å². The van der Waals surface area contributed by atoms with Crippen LogP contribution in [0.1, 0.15) is 22.3 Å². The summed E-state index contributed by atoms with van der Waals surface area (Å²) in [7, 11) is -2.88. The molecule has 0 bridgehead atoms. The first-order valence-electron chi connectivity index (χ1n) is 13.4. The number of fused-ring (bicyclic) bond motifs is 1. The Hall–Kier alpha value is -2.95. The molecular formula is C29H33N3O5S2. The maximum absolute atomic E-state index is 11.7. The van der Waals surface area contributed by atoms with E-state index in [9.17, 15) is 18.3 Å². The predicted octanol–water partition coefficient (Wildman–Crippen LogP) is 4.00. The van der Waals surface area contributed by atoms with E-state index in [4.69, 9.17) is 9.72 Å². The third-order valence-electron chi connectivity index (χ3n) is 8.29. The Morgan fingerprint density at radius 3 is 2.54 bits per heavy atom. The van der Waals surface area contributed by atoms with E-state index < -0.39 is 15.8 Å². The van der Waals surface area contributed by atoms with Crippen molar-refractivity contribution in [3.63, 3.8) is 0 Å². The summed E-state index contributed by atoms with van der Waals surface area (Å²) >= 11 is 1.60. The van der Waals surface area contributed by atoms with E-state index in [0.717, 1.165) is 58.5 Å². The minimum absolute atomic E-state index is 0.182. The van der Waals surface area contributed by atoms with Gasteiger partial charge in [-0.25, -0.2) is 13.4 Å². The maximum Gasteiger partial charge on any atom is 0.307 e. The van der Waals surface area contributed by atoms with Crippen LogP contribution in [0, 0.1) is 31.6 Å². The molecule has 2 aromatic carbocycles. The fourth-order valence-electron chi connectivity index (χ4n) is 5.89. The summed E-state index contributed by atoms with van der Waals surface area (Å²) in [5.74, 6) is 0.903. The minimum atomic E-state index is -2.88. The summed E-state index contributed by atoms with van der Waals surface area (Å²) in [6.07, 6.45) is 0. The second-order valence-electron chi connectivity index (χ2n) is 11.1. The highest BCUT2D eigenvalue weighted by molar-refractivity contribution is 7.91. The topological polar surface area (TPSA) is 100 Å². The van der Waals surface area contributed by atoms with Gasteiger partial charge in [0.1, 0.15) is 12.4 Å². The number of thiazole rings is 1. The number of nitrogens with zero attached hydrogens (tertiary/aromatic N) is 3. The molecule has 6 rings (SSSR count). The molecule has 1 aliphatic carbocycles. The molecule has 8 nitrogen and oxygen atoms in total. The zero-order chi connectivity index (χ0) is 27.3. The number of sulfone groups is 1. The summed E-state index contributed by atoms with van der Waals surface area (Å²) in [5.41, 5.74) is 6.39.